The predicted octanol–water partition coefficient (Wildman–Crippen LogP) is 4.22. The number of nitrogens with zero attached hydrogens (tertiary/aromatic N) is 4. The summed E-state index contributed by atoms with van der Waals surface area (Å²) in [7, 11) is 0. The van der Waals surface area contributed by atoms with Crippen LogP contribution in [0.1, 0.15) is 31.5 Å². The van der Waals surface area contributed by atoms with Gasteiger partial charge in [0.1, 0.15) is 5.82 Å². The smallest absolute Gasteiger partial charge is 0.322 e. The first-order valence-corrected chi connectivity index (χ1v) is 9.61. The van der Waals surface area contributed by atoms with Crippen LogP contribution in [0.5, 0.6) is 0 Å². The maximum absolute atomic E-state index is 13.0. The van der Waals surface area contributed by atoms with E-state index in [0.29, 0.717) is 0 Å². The molecule has 1 N–H and O–H groups in total. The van der Waals surface area contributed by atoms with Gasteiger partial charge in [0.05, 0.1) is 11.2 Å². The number of amides is 2. The highest BCUT2D eigenvalue weighted by atomic mass is 16.2. The summed E-state index contributed by atoms with van der Waals surface area (Å²) in [5, 5.41) is 4.12. The van der Waals surface area contributed by atoms with Gasteiger partial charge in [0, 0.05) is 43.1 Å². The molecule has 1 aliphatic rings. The van der Waals surface area contributed by atoms with E-state index in [1.54, 1.807) is 6.20 Å². The predicted molar refractivity (Wildman–Crippen MR) is 107 cm³/mol. The number of likely N-dealkylation sites (tertiary alicyclic amines) is 1. The minimum Gasteiger partial charge on any atom is -0.335 e. The van der Waals surface area contributed by atoms with Crippen LogP contribution >= 0.6 is 0 Å². The Hall–Kier alpha value is -2.89. The van der Waals surface area contributed by atoms with Crippen molar-refractivity contribution >= 4 is 22.6 Å². The fraction of sp³-hybridized carbons (Fsp3) is 0.381. The molecule has 1 saturated heterocycles. The molecule has 6 nitrogen and oxygen atoms in total. The molecule has 1 aliphatic heterocycles. The molecule has 0 aliphatic carbocycles. The zero-order chi connectivity index (χ0) is 18.6. The molecule has 2 aromatic heterocycles. The summed E-state index contributed by atoms with van der Waals surface area (Å²) in [6.07, 6.45) is 9.82. The lowest BCUT2D eigenvalue weighted by atomic mass is 9.99. The highest BCUT2D eigenvalue weighted by molar-refractivity contribution is 5.99. The van der Waals surface area contributed by atoms with E-state index in [2.05, 4.69) is 19.9 Å². The van der Waals surface area contributed by atoms with Gasteiger partial charge < -0.3 is 14.8 Å². The molecular weight excluding hydrogens is 338 g/mol. The van der Waals surface area contributed by atoms with Crippen LogP contribution in [-0.4, -0.2) is 38.1 Å². The van der Waals surface area contributed by atoms with Crippen molar-refractivity contribution in [2.75, 3.05) is 11.9 Å². The van der Waals surface area contributed by atoms with Crippen LogP contribution in [0.3, 0.4) is 0 Å². The highest BCUT2D eigenvalue weighted by Gasteiger charge is 2.27. The SMILES string of the molecule is Cc1nccn1CC[C@H]1CCCCN1C(=O)Nc1cccc2cccnc12. The zero-order valence-electron chi connectivity index (χ0n) is 15.6. The number of para-hydroxylation sites is 1. The Bertz CT molecular complexity index is 930. The van der Waals surface area contributed by atoms with Gasteiger partial charge in [-0.05, 0) is 44.7 Å². The molecule has 0 unspecified atom stereocenters. The minimum absolute atomic E-state index is 0.0276. The summed E-state index contributed by atoms with van der Waals surface area (Å²) < 4.78 is 2.15. The lowest BCUT2D eigenvalue weighted by molar-refractivity contribution is 0.155. The molecule has 2 amide bonds. The maximum Gasteiger partial charge on any atom is 0.322 e. The number of benzene rings is 1. The van der Waals surface area contributed by atoms with Gasteiger partial charge in [-0.1, -0.05) is 18.2 Å². The summed E-state index contributed by atoms with van der Waals surface area (Å²) in [5.74, 6) is 1.02. The quantitative estimate of drug-likeness (QED) is 0.755. The third-order valence-corrected chi connectivity index (χ3v) is 5.39. The number of hydrogen-bond acceptors (Lipinski definition) is 3. The highest BCUT2D eigenvalue weighted by Crippen LogP contribution is 2.24. The number of carbonyl (C=O) groups is 1. The molecular formula is C21H25N5O. The summed E-state index contributed by atoms with van der Waals surface area (Å²) in [6.45, 7) is 3.70. The van der Waals surface area contributed by atoms with Crippen LogP contribution in [0.15, 0.2) is 48.9 Å². The number of pyridine rings is 1. The van der Waals surface area contributed by atoms with Crippen molar-refractivity contribution < 1.29 is 4.79 Å². The van der Waals surface area contributed by atoms with Gasteiger partial charge >= 0.3 is 6.03 Å². The fourth-order valence-electron chi connectivity index (χ4n) is 3.89. The second-order valence-corrected chi connectivity index (χ2v) is 7.11. The van der Waals surface area contributed by atoms with E-state index in [1.165, 1.54) is 6.42 Å². The van der Waals surface area contributed by atoms with Crippen molar-refractivity contribution in [2.45, 2.75) is 45.2 Å². The molecule has 140 valence electrons. The lowest BCUT2D eigenvalue weighted by Gasteiger charge is -2.36. The lowest BCUT2D eigenvalue weighted by Crippen LogP contribution is -2.46. The monoisotopic (exact) mass is 363 g/mol. The van der Waals surface area contributed by atoms with E-state index in [1.807, 2.05) is 54.5 Å². The van der Waals surface area contributed by atoms with E-state index in [4.69, 9.17) is 0 Å². The number of urea groups is 1. The summed E-state index contributed by atoms with van der Waals surface area (Å²) in [5.41, 5.74) is 1.60. The Morgan fingerprint density at radius 2 is 2.07 bits per heavy atom. The Morgan fingerprint density at radius 3 is 2.93 bits per heavy atom. The largest absolute Gasteiger partial charge is 0.335 e. The molecule has 0 spiro atoms. The molecule has 6 heteroatoms. The molecule has 0 radical (unpaired) electrons. The van der Waals surface area contributed by atoms with Gasteiger partial charge in [0.15, 0.2) is 0 Å². The third-order valence-electron chi connectivity index (χ3n) is 5.39. The van der Waals surface area contributed by atoms with Crippen molar-refractivity contribution in [1.82, 2.24) is 19.4 Å². The van der Waals surface area contributed by atoms with E-state index in [-0.39, 0.29) is 12.1 Å². The topological polar surface area (TPSA) is 63.1 Å². The van der Waals surface area contributed by atoms with Crippen molar-refractivity contribution in [3.63, 3.8) is 0 Å². The first-order valence-electron chi connectivity index (χ1n) is 9.61. The first kappa shape index (κ1) is 17.5. The molecule has 4 rings (SSSR count). The van der Waals surface area contributed by atoms with Gasteiger partial charge in [0.25, 0.3) is 0 Å². The van der Waals surface area contributed by atoms with Crippen molar-refractivity contribution in [2.24, 2.45) is 0 Å². The molecule has 1 fully saturated rings. The number of rotatable bonds is 4. The standard InChI is InChI=1S/C21H25N5O/c1-16-22-12-15-25(16)14-10-18-8-2-3-13-26(18)21(27)24-19-9-4-6-17-7-5-11-23-20(17)19/h4-7,9,11-12,15,18H,2-3,8,10,13-14H2,1H3,(H,24,27)/t18-/m1/s1. The Balaban J connectivity index is 1.47. The van der Waals surface area contributed by atoms with Crippen LogP contribution in [0.4, 0.5) is 10.5 Å². The molecule has 27 heavy (non-hydrogen) atoms. The van der Waals surface area contributed by atoms with Crippen molar-refractivity contribution in [3.8, 4) is 0 Å². The Morgan fingerprint density at radius 1 is 1.19 bits per heavy atom. The number of carbonyl (C=O) groups excluding carboxylic acids is 1. The number of piperidine rings is 1. The number of imidazole rings is 1. The number of nitrogens with one attached hydrogen (secondary N) is 1. The average molecular weight is 363 g/mol. The molecule has 0 saturated carbocycles. The molecule has 3 heterocycles. The van der Waals surface area contributed by atoms with Gasteiger partial charge in [-0.2, -0.15) is 0 Å². The summed E-state index contributed by atoms with van der Waals surface area (Å²) in [4.78, 5) is 23.7. The van der Waals surface area contributed by atoms with Crippen LogP contribution < -0.4 is 5.32 Å². The fourth-order valence-corrected chi connectivity index (χ4v) is 3.89. The number of anilines is 1. The Labute approximate surface area is 159 Å². The van der Waals surface area contributed by atoms with Gasteiger partial charge in [0.2, 0.25) is 0 Å². The first-order chi connectivity index (χ1) is 13.2. The zero-order valence-corrected chi connectivity index (χ0v) is 15.6. The number of hydrogen-bond donors (Lipinski definition) is 1. The van der Waals surface area contributed by atoms with E-state index in [9.17, 15) is 4.79 Å². The van der Waals surface area contributed by atoms with E-state index < -0.39 is 0 Å². The normalized spacial score (nSPS) is 17.2. The molecule has 1 aromatic carbocycles. The van der Waals surface area contributed by atoms with Gasteiger partial charge in [-0.3, -0.25) is 4.98 Å². The van der Waals surface area contributed by atoms with Crippen molar-refractivity contribution in [3.05, 3.63) is 54.7 Å². The number of aromatic nitrogens is 3. The second kappa shape index (κ2) is 7.78. The van der Waals surface area contributed by atoms with E-state index in [0.717, 1.165) is 54.8 Å². The maximum atomic E-state index is 13.0. The Kier molecular flexibility index (Phi) is 5.05. The van der Waals surface area contributed by atoms with E-state index >= 15 is 0 Å². The average Bonchev–Trinajstić information content (AvgIpc) is 3.11. The van der Waals surface area contributed by atoms with Crippen LogP contribution in [-0.2, 0) is 6.54 Å². The van der Waals surface area contributed by atoms with Gasteiger partial charge in [-0.15, -0.1) is 0 Å². The molecule has 0 bridgehead atoms. The number of aryl methyl sites for hydroxylation is 2. The van der Waals surface area contributed by atoms with Crippen LogP contribution in [0, 0.1) is 6.92 Å². The second-order valence-electron chi connectivity index (χ2n) is 7.11. The van der Waals surface area contributed by atoms with Crippen LogP contribution in [0.25, 0.3) is 10.9 Å². The number of fused-ring (bicyclic) bond motifs is 1. The molecule has 1 atom stereocenters. The van der Waals surface area contributed by atoms with Crippen molar-refractivity contribution in [1.29, 1.82) is 0 Å². The van der Waals surface area contributed by atoms with Crippen LogP contribution in [0.2, 0.25) is 0 Å². The summed E-state index contributed by atoms with van der Waals surface area (Å²) in [6, 6.07) is 10.0. The molecule has 3 aromatic rings. The third kappa shape index (κ3) is 3.79. The summed E-state index contributed by atoms with van der Waals surface area (Å²) >= 11 is 0. The minimum atomic E-state index is -0.0276. The van der Waals surface area contributed by atoms with Gasteiger partial charge in [-0.25, -0.2) is 9.78 Å².